The molecular weight excluding hydrogens is 212 g/mol. The first-order valence-electron chi connectivity index (χ1n) is 6.65. The van der Waals surface area contributed by atoms with Crippen molar-refractivity contribution in [3.05, 3.63) is 18.0 Å². The Morgan fingerprint density at radius 2 is 2.24 bits per heavy atom. The first-order valence-corrected chi connectivity index (χ1v) is 6.65. The fourth-order valence-electron chi connectivity index (χ4n) is 2.56. The molecule has 0 amide bonds. The fraction of sp³-hybridized carbons (Fsp3) is 0.692. The highest BCUT2D eigenvalue weighted by Gasteiger charge is 2.26. The lowest BCUT2D eigenvalue weighted by atomic mass is 9.99. The summed E-state index contributed by atoms with van der Waals surface area (Å²) < 4.78 is 0. The van der Waals surface area contributed by atoms with Gasteiger partial charge in [0.2, 0.25) is 5.95 Å². The molecular formula is C13H20N4. The molecule has 0 radical (unpaired) electrons. The summed E-state index contributed by atoms with van der Waals surface area (Å²) in [5.74, 6) is 2.22. The van der Waals surface area contributed by atoms with Crippen LogP contribution in [-0.4, -0.2) is 29.6 Å². The van der Waals surface area contributed by atoms with Gasteiger partial charge >= 0.3 is 0 Å². The quantitative estimate of drug-likeness (QED) is 0.858. The van der Waals surface area contributed by atoms with Gasteiger partial charge in [-0.25, -0.2) is 9.97 Å². The van der Waals surface area contributed by atoms with Crippen molar-refractivity contribution in [3.8, 4) is 0 Å². The van der Waals surface area contributed by atoms with Crippen LogP contribution in [0.5, 0.6) is 0 Å². The highest BCUT2D eigenvalue weighted by molar-refractivity contribution is 5.32. The van der Waals surface area contributed by atoms with Crippen LogP contribution in [0.1, 0.15) is 37.3 Å². The average molecular weight is 232 g/mol. The van der Waals surface area contributed by atoms with Crippen LogP contribution in [0.3, 0.4) is 0 Å². The number of hydrogen-bond acceptors (Lipinski definition) is 4. The van der Waals surface area contributed by atoms with Gasteiger partial charge in [-0.1, -0.05) is 0 Å². The second-order valence-electron chi connectivity index (χ2n) is 5.25. The molecule has 1 saturated heterocycles. The van der Waals surface area contributed by atoms with Gasteiger partial charge in [-0.05, 0) is 44.2 Å². The molecule has 1 aliphatic carbocycles. The molecule has 4 heteroatoms. The first-order chi connectivity index (χ1) is 8.36. The Kier molecular flexibility index (Phi) is 2.97. The van der Waals surface area contributed by atoms with Gasteiger partial charge in [-0.15, -0.1) is 0 Å². The Morgan fingerprint density at radius 1 is 1.35 bits per heavy atom. The van der Waals surface area contributed by atoms with Crippen LogP contribution in [0.25, 0.3) is 0 Å². The Labute approximate surface area is 102 Å². The Morgan fingerprint density at radius 3 is 3.00 bits per heavy atom. The lowest BCUT2D eigenvalue weighted by Gasteiger charge is -2.32. The van der Waals surface area contributed by atoms with E-state index in [1.807, 2.05) is 6.20 Å². The average Bonchev–Trinajstić information content (AvgIpc) is 3.23. The van der Waals surface area contributed by atoms with Crippen molar-refractivity contribution < 1.29 is 0 Å². The topological polar surface area (TPSA) is 55.0 Å². The fourth-order valence-corrected chi connectivity index (χ4v) is 2.56. The predicted molar refractivity (Wildman–Crippen MR) is 68.0 cm³/mol. The van der Waals surface area contributed by atoms with Crippen molar-refractivity contribution in [1.82, 2.24) is 9.97 Å². The summed E-state index contributed by atoms with van der Waals surface area (Å²) in [6.45, 7) is 2.87. The van der Waals surface area contributed by atoms with E-state index in [0.29, 0.717) is 11.8 Å². The van der Waals surface area contributed by atoms with Crippen molar-refractivity contribution >= 4 is 5.95 Å². The van der Waals surface area contributed by atoms with Crippen LogP contribution in [0.15, 0.2) is 12.3 Å². The molecule has 2 heterocycles. The van der Waals surface area contributed by atoms with E-state index in [0.717, 1.165) is 25.6 Å². The second kappa shape index (κ2) is 4.61. The SMILES string of the molecule is NCC1CCCN(c2nccc(C3CC3)n2)C1. The molecule has 1 unspecified atom stereocenters. The summed E-state index contributed by atoms with van der Waals surface area (Å²) in [5, 5.41) is 0. The number of nitrogens with zero attached hydrogens (tertiary/aromatic N) is 3. The van der Waals surface area contributed by atoms with Gasteiger partial charge in [-0.3, -0.25) is 0 Å². The van der Waals surface area contributed by atoms with Gasteiger partial charge in [0, 0.05) is 30.9 Å². The summed E-state index contributed by atoms with van der Waals surface area (Å²) in [4.78, 5) is 11.4. The molecule has 2 N–H and O–H groups in total. The summed E-state index contributed by atoms with van der Waals surface area (Å²) >= 11 is 0. The molecule has 2 aliphatic rings. The van der Waals surface area contributed by atoms with E-state index >= 15 is 0 Å². The lowest BCUT2D eigenvalue weighted by molar-refractivity contribution is 0.419. The van der Waals surface area contributed by atoms with Crippen molar-refractivity contribution in [3.63, 3.8) is 0 Å². The molecule has 17 heavy (non-hydrogen) atoms. The normalized spacial score (nSPS) is 25.0. The molecule has 3 rings (SSSR count). The van der Waals surface area contributed by atoms with E-state index in [9.17, 15) is 0 Å². The molecule has 0 bridgehead atoms. The Balaban J connectivity index is 1.75. The number of hydrogen-bond donors (Lipinski definition) is 1. The number of piperidine rings is 1. The van der Waals surface area contributed by atoms with Crippen molar-refractivity contribution in [2.45, 2.75) is 31.6 Å². The third-order valence-electron chi connectivity index (χ3n) is 3.80. The highest BCUT2D eigenvalue weighted by Crippen LogP contribution is 2.39. The zero-order valence-corrected chi connectivity index (χ0v) is 10.2. The van der Waals surface area contributed by atoms with E-state index in [4.69, 9.17) is 10.7 Å². The molecule has 0 spiro atoms. The molecule has 1 aromatic rings. The maximum atomic E-state index is 5.76. The minimum atomic E-state index is 0.608. The van der Waals surface area contributed by atoms with Crippen LogP contribution in [0.2, 0.25) is 0 Å². The molecule has 1 aliphatic heterocycles. The largest absolute Gasteiger partial charge is 0.340 e. The number of aromatic nitrogens is 2. The Bertz CT molecular complexity index is 389. The molecule has 2 fully saturated rings. The monoisotopic (exact) mass is 232 g/mol. The minimum Gasteiger partial charge on any atom is -0.340 e. The molecule has 0 aromatic carbocycles. The van der Waals surface area contributed by atoms with Crippen molar-refractivity contribution in [1.29, 1.82) is 0 Å². The number of rotatable bonds is 3. The van der Waals surface area contributed by atoms with E-state index < -0.39 is 0 Å². The smallest absolute Gasteiger partial charge is 0.225 e. The van der Waals surface area contributed by atoms with E-state index in [1.54, 1.807) is 0 Å². The van der Waals surface area contributed by atoms with Gasteiger partial charge < -0.3 is 10.6 Å². The maximum absolute atomic E-state index is 5.76. The molecule has 1 saturated carbocycles. The lowest BCUT2D eigenvalue weighted by Crippen LogP contribution is -2.39. The minimum absolute atomic E-state index is 0.608. The third kappa shape index (κ3) is 2.41. The Hall–Kier alpha value is -1.16. The summed E-state index contributed by atoms with van der Waals surface area (Å²) in [5.41, 5.74) is 6.99. The molecule has 4 nitrogen and oxygen atoms in total. The standard InChI is InChI=1S/C13H20N4/c14-8-10-2-1-7-17(9-10)13-15-6-5-12(16-13)11-3-4-11/h5-6,10-11H,1-4,7-9,14H2. The van der Waals surface area contributed by atoms with Crippen LogP contribution in [0.4, 0.5) is 5.95 Å². The van der Waals surface area contributed by atoms with Crippen molar-refractivity contribution in [2.75, 3.05) is 24.5 Å². The number of nitrogens with two attached hydrogens (primary N) is 1. The van der Waals surface area contributed by atoms with Crippen LogP contribution < -0.4 is 10.6 Å². The maximum Gasteiger partial charge on any atom is 0.225 e. The second-order valence-corrected chi connectivity index (χ2v) is 5.25. The molecule has 92 valence electrons. The van der Waals surface area contributed by atoms with Gasteiger partial charge in [0.05, 0.1) is 0 Å². The van der Waals surface area contributed by atoms with Crippen LogP contribution >= 0.6 is 0 Å². The number of anilines is 1. The van der Waals surface area contributed by atoms with Gasteiger partial charge in [-0.2, -0.15) is 0 Å². The summed E-state index contributed by atoms with van der Waals surface area (Å²) in [6.07, 6.45) is 6.94. The zero-order valence-electron chi connectivity index (χ0n) is 10.2. The van der Waals surface area contributed by atoms with Gasteiger partial charge in [0.1, 0.15) is 0 Å². The van der Waals surface area contributed by atoms with Gasteiger partial charge in [0.15, 0.2) is 0 Å². The summed E-state index contributed by atoms with van der Waals surface area (Å²) in [6, 6.07) is 2.06. The predicted octanol–water partition coefficient (Wildman–Crippen LogP) is 1.53. The van der Waals surface area contributed by atoms with E-state index in [2.05, 4.69) is 16.0 Å². The van der Waals surface area contributed by atoms with Crippen LogP contribution in [0, 0.1) is 5.92 Å². The van der Waals surface area contributed by atoms with Gasteiger partial charge in [0.25, 0.3) is 0 Å². The molecule has 1 aromatic heterocycles. The zero-order chi connectivity index (χ0) is 11.7. The van der Waals surface area contributed by atoms with Crippen LogP contribution in [-0.2, 0) is 0 Å². The summed E-state index contributed by atoms with van der Waals surface area (Å²) in [7, 11) is 0. The third-order valence-corrected chi connectivity index (χ3v) is 3.80. The van der Waals surface area contributed by atoms with E-state index in [1.165, 1.54) is 31.4 Å². The highest BCUT2D eigenvalue weighted by atomic mass is 15.3. The van der Waals surface area contributed by atoms with Crippen molar-refractivity contribution in [2.24, 2.45) is 11.7 Å². The first kappa shape index (κ1) is 11.0. The molecule has 1 atom stereocenters. The van der Waals surface area contributed by atoms with E-state index in [-0.39, 0.29) is 0 Å².